The van der Waals surface area contributed by atoms with E-state index in [9.17, 15) is 0 Å². The van der Waals surface area contributed by atoms with Crippen LogP contribution in [0.5, 0.6) is 0 Å². The molecule has 0 N–H and O–H groups in total. The second-order valence-corrected chi connectivity index (χ2v) is 10.7. The Morgan fingerprint density at radius 2 is 1.11 bits per heavy atom. The minimum atomic E-state index is 0.591. The van der Waals surface area contributed by atoms with E-state index in [1.54, 1.807) is 0 Å². The van der Waals surface area contributed by atoms with Crippen LogP contribution >= 0.6 is 23.2 Å². The summed E-state index contributed by atoms with van der Waals surface area (Å²) in [5, 5.41) is 1.49. The van der Waals surface area contributed by atoms with Crippen LogP contribution in [0.15, 0.2) is 85.2 Å². The average molecular weight is 515 g/mol. The number of piperazine rings is 1. The Morgan fingerprint density at radius 1 is 0.639 bits per heavy atom. The van der Waals surface area contributed by atoms with E-state index in [0.717, 1.165) is 58.7 Å². The van der Waals surface area contributed by atoms with Crippen molar-refractivity contribution in [1.29, 1.82) is 0 Å². The first-order valence-corrected chi connectivity index (χ1v) is 13.3. The van der Waals surface area contributed by atoms with Gasteiger partial charge in [-0.05, 0) is 72.5 Å². The van der Waals surface area contributed by atoms with Crippen LogP contribution in [-0.2, 0) is 13.1 Å². The maximum Gasteiger partial charge on any atom is 0.0705 e. The normalized spacial score (nSPS) is 20.1. The lowest BCUT2D eigenvalue weighted by Gasteiger charge is -2.41. The second-order valence-electron chi connectivity index (χ2n) is 9.86. The molecule has 4 aromatic rings. The van der Waals surface area contributed by atoms with Crippen molar-refractivity contribution in [2.45, 2.75) is 38.0 Å². The average Bonchev–Trinajstić information content (AvgIpc) is 3.12. The molecule has 2 saturated heterocycles. The molecule has 0 spiro atoms. The zero-order valence-corrected chi connectivity index (χ0v) is 21.5. The monoisotopic (exact) mass is 514 g/mol. The summed E-state index contributed by atoms with van der Waals surface area (Å²) < 4.78 is 0. The van der Waals surface area contributed by atoms with Crippen molar-refractivity contribution in [2.24, 2.45) is 0 Å². The number of aromatic nitrogens is 2. The highest BCUT2D eigenvalue weighted by Crippen LogP contribution is 2.33. The van der Waals surface area contributed by atoms with Crippen LogP contribution in [0.1, 0.15) is 24.0 Å². The molecule has 4 heterocycles. The van der Waals surface area contributed by atoms with Gasteiger partial charge in [0.15, 0.2) is 0 Å². The van der Waals surface area contributed by atoms with Crippen molar-refractivity contribution >= 4 is 23.2 Å². The van der Waals surface area contributed by atoms with Crippen LogP contribution < -0.4 is 0 Å². The first-order chi connectivity index (χ1) is 17.6. The lowest BCUT2D eigenvalue weighted by molar-refractivity contribution is 0.0567. The molecule has 0 radical (unpaired) electrons. The molecule has 0 aliphatic carbocycles. The Kier molecular flexibility index (Phi) is 6.77. The van der Waals surface area contributed by atoms with Gasteiger partial charge in [-0.2, -0.15) is 0 Å². The van der Waals surface area contributed by atoms with Crippen molar-refractivity contribution in [3.63, 3.8) is 0 Å². The predicted molar refractivity (Wildman–Crippen MR) is 147 cm³/mol. The number of halogens is 2. The zero-order chi connectivity index (χ0) is 24.5. The van der Waals surface area contributed by atoms with Crippen LogP contribution in [0.2, 0.25) is 10.0 Å². The Morgan fingerprint density at radius 3 is 1.61 bits per heavy atom. The summed E-state index contributed by atoms with van der Waals surface area (Å²) in [7, 11) is 0. The largest absolute Gasteiger partial charge is 0.296 e. The summed E-state index contributed by atoms with van der Waals surface area (Å²) in [5.74, 6) is 0. The number of pyridine rings is 2. The van der Waals surface area contributed by atoms with Crippen molar-refractivity contribution in [3.8, 4) is 22.5 Å². The summed E-state index contributed by atoms with van der Waals surface area (Å²) in [4.78, 5) is 14.5. The molecule has 2 aliphatic heterocycles. The third-order valence-electron chi connectivity index (χ3n) is 7.41. The van der Waals surface area contributed by atoms with E-state index in [2.05, 4.69) is 44.0 Å². The van der Waals surface area contributed by atoms with Gasteiger partial charge in [0, 0.05) is 71.8 Å². The van der Waals surface area contributed by atoms with Gasteiger partial charge in [0.2, 0.25) is 0 Å². The molecule has 4 nitrogen and oxygen atoms in total. The van der Waals surface area contributed by atoms with E-state index in [1.165, 1.54) is 24.0 Å². The number of nitrogens with zero attached hydrogens (tertiary/aromatic N) is 4. The van der Waals surface area contributed by atoms with Gasteiger partial charge < -0.3 is 0 Å². The Hall–Kier alpha value is -2.76. The van der Waals surface area contributed by atoms with Gasteiger partial charge in [0.1, 0.15) is 0 Å². The van der Waals surface area contributed by atoms with E-state index in [0.29, 0.717) is 12.1 Å². The number of hydrogen-bond donors (Lipinski definition) is 0. The summed E-state index contributed by atoms with van der Waals surface area (Å²) in [6, 6.07) is 25.7. The first kappa shape index (κ1) is 23.6. The fraction of sp³-hybridized carbons (Fsp3) is 0.267. The Balaban J connectivity index is 1.12. The lowest BCUT2D eigenvalue weighted by atomic mass is 10.1. The summed E-state index contributed by atoms with van der Waals surface area (Å²) in [5.41, 5.74) is 6.83. The van der Waals surface area contributed by atoms with Crippen molar-refractivity contribution in [3.05, 3.63) is 106 Å². The molecule has 2 fully saturated rings. The van der Waals surface area contributed by atoms with E-state index < -0.39 is 0 Å². The fourth-order valence-electron chi connectivity index (χ4n) is 5.64. The summed E-state index contributed by atoms with van der Waals surface area (Å²) in [6.07, 6.45) is 6.39. The smallest absolute Gasteiger partial charge is 0.0705 e. The highest BCUT2D eigenvalue weighted by atomic mass is 35.5. The molecule has 182 valence electrons. The van der Waals surface area contributed by atoms with Crippen LogP contribution in [0, 0.1) is 0 Å². The molecule has 6 rings (SSSR count). The Bertz CT molecular complexity index is 1330. The van der Waals surface area contributed by atoms with E-state index in [-0.39, 0.29) is 0 Å². The van der Waals surface area contributed by atoms with E-state index in [1.807, 2.05) is 60.9 Å². The molecule has 2 aromatic carbocycles. The molecule has 6 heteroatoms. The summed E-state index contributed by atoms with van der Waals surface area (Å²) >= 11 is 12.1. The van der Waals surface area contributed by atoms with Crippen LogP contribution in [0.3, 0.4) is 0 Å². The number of hydrogen-bond acceptors (Lipinski definition) is 4. The topological polar surface area (TPSA) is 32.3 Å². The van der Waals surface area contributed by atoms with Crippen LogP contribution in [-0.4, -0.2) is 44.9 Å². The third-order valence-corrected chi connectivity index (χ3v) is 7.91. The maximum atomic E-state index is 6.06. The minimum absolute atomic E-state index is 0.591. The number of benzene rings is 2. The van der Waals surface area contributed by atoms with Gasteiger partial charge in [-0.15, -0.1) is 0 Å². The third kappa shape index (κ3) is 5.18. The van der Waals surface area contributed by atoms with E-state index in [4.69, 9.17) is 23.2 Å². The molecular weight excluding hydrogens is 487 g/mol. The molecule has 2 atom stereocenters. The van der Waals surface area contributed by atoms with Gasteiger partial charge >= 0.3 is 0 Å². The molecule has 36 heavy (non-hydrogen) atoms. The van der Waals surface area contributed by atoms with Gasteiger partial charge in [-0.1, -0.05) is 47.5 Å². The summed E-state index contributed by atoms with van der Waals surface area (Å²) in [6.45, 7) is 4.14. The predicted octanol–water partition coefficient (Wildman–Crippen LogP) is 6.97. The fourth-order valence-corrected chi connectivity index (χ4v) is 5.89. The van der Waals surface area contributed by atoms with Gasteiger partial charge in [0.25, 0.3) is 0 Å². The number of rotatable bonds is 6. The molecule has 0 unspecified atom stereocenters. The zero-order valence-electron chi connectivity index (χ0n) is 20.0. The molecular formula is C30H28Cl2N4. The molecule has 0 amide bonds. The number of fused-ring (bicyclic) bond motifs is 2. The first-order valence-electron chi connectivity index (χ1n) is 12.5. The molecule has 2 aromatic heterocycles. The van der Waals surface area contributed by atoms with Crippen molar-refractivity contribution < 1.29 is 0 Å². The molecule has 0 saturated carbocycles. The number of likely N-dealkylation sites (tertiary alicyclic amines) is 1. The highest BCUT2D eigenvalue weighted by molar-refractivity contribution is 6.30. The lowest BCUT2D eigenvalue weighted by Crippen LogP contribution is -2.52. The quantitative estimate of drug-likeness (QED) is 0.278. The molecule has 2 aliphatic rings. The van der Waals surface area contributed by atoms with Crippen LogP contribution in [0.4, 0.5) is 0 Å². The standard InChI is InChI=1S/C30H28Cl2N4/c31-25-5-1-23(2-6-25)29-15-21(11-13-33-29)17-35-19-27-9-10-28(20-35)36(27)18-22-12-14-34-30(16-22)24-3-7-26(32)8-4-24/h1-8,11-16,27-28H,9-10,17-20H2/t27-,28+. The van der Waals surface area contributed by atoms with Crippen molar-refractivity contribution in [2.75, 3.05) is 13.1 Å². The Labute approximate surface area is 222 Å². The minimum Gasteiger partial charge on any atom is -0.296 e. The van der Waals surface area contributed by atoms with Crippen molar-refractivity contribution in [1.82, 2.24) is 19.8 Å². The maximum absolute atomic E-state index is 6.06. The van der Waals surface area contributed by atoms with Crippen LogP contribution in [0.25, 0.3) is 22.5 Å². The van der Waals surface area contributed by atoms with E-state index >= 15 is 0 Å². The SMILES string of the molecule is Clc1ccc(-c2cc(CN3C[C@H]4CC[C@@H](C3)N4Cc3ccnc(-c4ccc(Cl)cc4)c3)ccn2)cc1. The van der Waals surface area contributed by atoms with Gasteiger partial charge in [-0.25, -0.2) is 0 Å². The molecule has 2 bridgehead atoms. The second kappa shape index (κ2) is 10.3. The highest BCUT2D eigenvalue weighted by Gasteiger charge is 2.39. The van der Waals surface area contributed by atoms with Gasteiger partial charge in [0.05, 0.1) is 11.4 Å². The van der Waals surface area contributed by atoms with Gasteiger partial charge in [-0.3, -0.25) is 19.8 Å².